The minimum Gasteiger partial charge on any atom is -0.326 e. The standard InChI is InChI=1S/C9H9ClF4N2O2S/c10-8-5(3-15)1-6(2-7(8)11)19(17,18)16-4-9(12,13)14/h1-2,16H,3-4,15H2. The van der Waals surface area contributed by atoms with Crippen LogP contribution in [0.1, 0.15) is 5.56 Å². The van der Waals surface area contributed by atoms with Gasteiger partial charge in [-0.2, -0.15) is 13.2 Å². The number of hydrogen-bond donors (Lipinski definition) is 2. The third kappa shape index (κ3) is 4.30. The minimum atomic E-state index is -4.71. The second kappa shape index (κ2) is 5.61. The molecule has 0 atom stereocenters. The Bertz CT molecular complexity index is 574. The van der Waals surface area contributed by atoms with Crippen molar-refractivity contribution in [3.05, 3.63) is 28.5 Å². The maximum Gasteiger partial charge on any atom is 0.402 e. The molecule has 0 bridgehead atoms. The molecule has 0 aromatic heterocycles. The molecule has 4 nitrogen and oxygen atoms in total. The number of rotatable bonds is 4. The smallest absolute Gasteiger partial charge is 0.326 e. The molecule has 1 aromatic carbocycles. The van der Waals surface area contributed by atoms with E-state index in [1.54, 1.807) is 0 Å². The van der Waals surface area contributed by atoms with Crippen molar-refractivity contribution in [3.8, 4) is 0 Å². The first-order valence-corrected chi connectivity index (χ1v) is 6.67. The number of nitrogens with one attached hydrogen (secondary N) is 1. The van der Waals surface area contributed by atoms with Crippen molar-refractivity contribution in [3.63, 3.8) is 0 Å². The van der Waals surface area contributed by atoms with Crippen molar-refractivity contribution in [2.75, 3.05) is 6.54 Å². The molecule has 3 N–H and O–H groups in total. The lowest BCUT2D eigenvalue weighted by molar-refractivity contribution is -0.121. The third-order valence-corrected chi connectivity index (χ3v) is 3.87. The predicted octanol–water partition coefficient (Wildman–Crippen LogP) is 1.78. The summed E-state index contributed by atoms with van der Waals surface area (Å²) in [5.74, 6) is -1.07. The molecule has 0 amide bonds. The Kier molecular flexibility index (Phi) is 4.77. The fraction of sp³-hybridized carbons (Fsp3) is 0.333. The van der Waals surface area contributed by atoms with Gasteiger partial charge in [-0.15, -0.1) is 0 Å². The van der Waals surface area contributed by atoms with Crippen LogP contribution in [-0.2, 0) is 16.6 Å². The van der Waals surface area contributed by atoms with E-state index in [1.165, 1.54) is 4.72 Å². The van der Waals surface area contributed by atoms with Crippen LogP contribution < -0.4 is 10.5 Å². The molecule has 0 aliphatic heterocycles. The highest BCUT2D eigenvalue weighted by Gasteiger charge is 2.30. The van der Waals surface area contributed by atoms with Gasteiger partial charge in [-0.1, -0.05) is 11.6 Å². The molecule has 19 heavy (non-hydrogen) atoms. The molecular formula is C9H9ClF4N2O2S. The predicted molar refractivity (Wildman–Crippen MR) is 60.5 cm³/mol. The molecule has 0 aliphatic rings. The summed E-state index contributed by atoms with van der Waals surface area (Å²) in [4.78, 5) is -0.667. The molecule has 108 valence electrons. The molecule has 0 saturated heterocycles. The molecule has 0 unspecified atom stereocenters. The van der Waals surface area contributed by atoms with Gasteiger partial charge in [0.15, 0.2) is 0 Å². The van der Waals surface area contributed by atoms with Crippen molar-refractivity contribution in [1.29, 1.82) is 0 Å². The summed E-state index contributed by atoms with van der Waals surface area (Å²) in [7, 11) is -4.49. The fourth-order valence-corrected chi connectivity index (χ4v) is 2.44. The normalized spacial score (nSPS) is 12.7. The average molecular weight is 321 g/mol. The largest absolute Gasteiger partial charge is 0.402 e. The lowest BCUT2D eigenvalue weighted by Gasteiger charge is -2.11. The van der Waals surface area contributed by atoms with Gasteiger partial charge < -0.3 is 5.73 Å². The van der Waals surface area contributed by atoms with Crippen LogP contribution in [0.15, 0.2) is 17.0 Å². The zero-order valence-corrected chi connectivity index (χ0v) is 10.8. The monoisotopic (exact) mass is 320 g/mol. The van der Waals surface area contributed by atoms with Crippen LogP contribution in [-0.4, -0.2) is 21.1 Å². The Morgan fingerprint density at radius 1 is 1.32 bits per heavy atom. The summed E-state index contributed by atoms with van der Waals surface area (Å²) in [6.07, 6.45) is -4.71. The van der Waals surface area contributed by atoms with E-state index in [2.05, 4.69) is 0 Å². The summed E-state index contributed by atoms with van der Waals surface area (Å²) in [5, 5.41) is -0.364. The van der Waals surface area contributed by atoms with Gasteiger partial charge >= 0.3 is 6.18 Å². The minimum absolute atomic E-state index is 0.0194. The molecule has 0 aliphatic carbocycles. The van der Waals surface area contributed by atoms with Crippen LogP contribution in [0, 0.1) is 5.82 Å². The summed E-state index contributed by atoms with van der Waals surface area (Å²) in [5.41, 5.74) is 5.21. The number of benzene rings is 1. The number of alkyl halides is 3. The van der Waals surface area contributed by atoms with E-state index < -0.39 is 33.5 Å². The lowest BCUT2D eigenvalue weighted by atomic mass is 10.2. The Labute approximate surface area is 111 Å². The summed E-state index contributed by atoms with van der Waals surface area (Å²) in [6, 6.07) is 1.45. The molecule has 1 rings (SSSR count). The molecule has 0 fully saturated rings. The van der Waals surface area contributed by atoms with Crippen LogP contribution in [0.2, 0.25) is 5.02 Å². The SMILES string of the molecule is NCc1cc(S(=O)(=O)NCC(F)(F)F)cc(F)c1Cl. The summed E-state index contributed by atoms with van der Waals surface area (Å²) in [6.45, 7) is -2.00. The Morgan fingerprint density at radius 3 is 2.37 bits per heavy atom. The fourth-order valence-electron chi connectivity index (χ4n) is 1.18. The summed E-state index contributed by atoms with van der Waals surface area (Å²) >= 11 is 5.51. The number of sulfonamides is 1. The number of halogens is 5. The molecule has 1 aromatic rings. The van der Waals surface area contributed by atoms with Gasteiger partial charge in [0, 0.05) is 6.54 Å². The van der Waals surface area contributed by atoms with E-state index in [1.807, 2.05) is 0 Å². The van der Waals surface area contributed by atoms with Gasteiger partial charge in [0.05, 0.1) is 9.92 Å². The van der Waals surface area contributed by atoms with Gasteiger partial charge in [0.1, 0.15) is 12.4 Å². The van der Waals surface area contributed by atoms with Crippen LogP contribution in [0.5, 0.6) is 0 Å². The zero-order chi connectivity index (χ0) is 14.8. The maximum absolute atomic E-state index is 13.3. The van der Waals surface area contributed by atoms with Crippen molar-refractivity contribution in [2.45, 2.75) is 17.6 Å². The van der Waals surface area contributed by atoms with E-state index in [4.69, 9.17) is 17.3 Å². The van der Waals surface area contributed by atoms with Gasteiger partial charge in [0.2, 0.25) is 10.0 Å². The van der Waals surface area contributed by atoms with Crippen LogP contribution in [0.3, 0.4) is 0 Å². The third-order valence-electron chi connectivity index (χ3n) is 2.07. The number of hydrogen-bond acceptors (Lipinski definition) is 3. The van der Waals surface area contributed by atoms with Crippen molar-refractivity contribution in [2.24, 2.45) is 5.73 Å². The molecule has 0 spiro atoms. The Balaban J connectivity index is 3.12. The van der Waals surface area contributed by atoms with Crippen molar-refractivity contribution >= 4 is 21.6 Å². The molecule has 0 saturated carbocycles. The highest BCUT2D eigenvalue weighted by Crippen LogP contribution is 2.24. The summed E-state index contributed by atoms with van der Waals surface area (Å²) < 4.78 is 73.6. The first-order valence-electron chi connectivity index (χ1n) is 4.81. The Hall–Kier alpha value is -0.900. The molecule has 10 heteroatoms. The second-order valence-electron chi connectivity index (χ2n) is 3.52. The maximum atomic E-state index is 13.3. The average Bonchev–Trinajstić information content (AvgIpc) is 2.29. The first kappa shape index (κ1) is 16.2. The molecule has 0 heterocycles. The van der Waals surface area contributed by atoms with E-state index in [-0.39, 0.29) is 17.1 Å². The zero-order valence-electron chi connectivity index (χ0n) is 9.26. The van der Waals surface area contributed by atoms with E-state index in [9.17, 15) is 26.0 Å². The van der Waals surface area contributed by atoms with Crippen LogP contribution in [0.4, 0.5) is 17.6 Å². The van der Waals surface area contributed by atoms with Gasteiger partial charge in [-0.3, -0.25) is 0 Å². The van der Waals surface area contributed by atoms with Crippen molar-refractivity contribution < 1.29 is 26.0 Å². The van der Waals surface area contributed by atoms with Crippen molar-refractivity contribution in [1.82, 2.24) is 4.72 Å². The molecular weight excluding hydrogens is 312 g/mol. The van der Waals surface area contributed by atoms with Crippen LogP contribution >= 0.6 is 11.6 Å². The Morgan fingerprint density at radius 2 is 1.89 bits per heavy atom. The first-order chi connectivity index (χ1) is 8.57. The van der Waals surface area contributed by atoms with E-state index in [0.717, 1.165) is 6.07 Å². The highest BCUT2D eigenvalue weighted by molar-refractivity contribution is 7.89. The lowest BCUT2D eigenvalue weighted by Crippen LogP contribution is -2.33. The van der Waals surface area contributed by atoms with E-state index >= 15 is 0 Å². The van der Waals surface area contributed by atoms with Crippen LogP contribution in [0.25, 0.3) is 0 Å². The van der Waals surface area contributed by atoms with E-state index in [0.29, 0.717) is 6.07 Å². The second-order valence-corrected chi connectivity index (χ2v) is 5.67. The topological polar surface area (TPSA) is 72.2 Å². The van der Waals surface area contributed by atoms with Gasteiger partial charge in [-0.25, -0.2) is 17.5 Å². The molecule has 0 radical (unpaired) electrons. The highest BCUT2D eigenvalue weighted by atomic mass is 35.5. The quantitative estimate of drug-likeness (QED) is 0.831. The van der Waals surface area contributed by atoms with Gasteiger partial charge in [0.25, 0.3) is 0 Å². The number of nitrogens with two attached hydrogens (primary N) is 1. The van der Waals surface area contributed by atoms with Gasteiger partial charge in [-0.05, 0) is 17.7 Å².